The fourth-order valence-electron chi connectivity index (χ4n) is 12.4. The van der Waals surface area contributed by atoms with Gasteiger partial charge in [0, 0.05) is 136 Å². The van der Waals surface area contributed by atoms with E-state index < -0.39 is 53.7 Å². The summed E-state index contributed by atoms with van der Waals surface area (Å²) in [6.45, 7) is 16.6. The first-order valence-electron chi connectivity index (χ1n) is 31.2. The smallest absolute Gasteiger partial charge is 0.369 e. The van der Waals surface area contributed by atoms with Crippen LogP contribution in [0, 0.1) is 12.8 Å². The second-order valence-corrected chi connectivity index (χ2v) is 25.0. The minimum Gasteiger partial charge on any atom is -0.369 e. The van der Waals surface area contributed by atoms with Crippen LogP contribution in [0.4, 0.5) is 81.0 Å². The number of aryl methyl sites for hydroxylation is 1. The molecule has 0 bridgehead atoms. The van der Waals surface area contributed by atoms with Crippen LogP contribution >= 0.6 is 0 Å². The van der Waals surface area contributed by atoms with Crippen LogP contribution in [-0.4, -0.2) is 179 Å². The van der Waals surface area contributed by atoms with Gasteiger partial charge in [-0.1, -0.05) is 26.0 Å². The van der Waals surface area contributed by atoms with E-state index in [4.69, 9.17) is 20.0 Å². The van der Waals surface area contributed by atoms with Crippen molar-refractivity contribution in [3.63, 3.8) is 0 Å². The Kier molecular flexibility index (Phi) is 18.3. The van der Waals surface area contributed by atoms with Gasteiger partial charge in [-0.3, -0.25) is 19.4 Å². The molecule has 20 nitrogen and oxygen atoms in total. The van der Waals surface area contributed by atoms with Gasteiger partial charge >= 0.3 is 12.4 Å². The van der Waals surface area contributed by atoms with Gasteiger partial charge in [-0.25, -0.2) is 43.7 Å². The zero-order chi connectivity index (χ0) is 65.5. The van der Waals surface area contributed by atoms with E-state index in [9.17, 15) is 44.7 Å². The molecule has 0 radical (unpaired) electrons. The van der Waals surface area contributed by atoms with Crippen molar-refractivity contribution < 1.29 is 44.7 Å². The van der Waals surface area contributed by atoms with Crippen molar-refractivity contribution in [1.29, 1.82) is 0 Å². The van der Waals surface area contributed by atoms with Gasteiger partial charge in [0.15, 0.2) is 11.6 Å². The van der Waals surface area contributed by atoms with Crippen molar-refractivity contribution >= 4 is 87.3 Å². The van der Waals surface area contributed by atoms with E-state index in [0.717, 1.165) is 30.8 Å². The molecule has 93 heavy (non-hydrogen) atoms. The number of aliphatic imine (C=N–C) groups is 3. The molecule has 4 aromatic carbocycles. The number of hydrogen-bond donors (Lipinski definition) is 4. The zero-order valence-electron chi connectivity index (χ0n) is 52.0. The minimum absolute atomic E-state index is 0.0257. The standard InChI is InChI=1S/C65H72F8N18O2/c1-38(2)32-85-14-16-87(17-15-85)50-26-44(64(68,69)70)24-48(28-50)80-61(93)42-8-9-43(53(23-42)82-58-56-54(76-36-77-58)30-74-62(83-56)89-12-10-46(66)34-89)33-91-37-78-59(57-55(91)31-75-63(84-57)90-13-11-47(67)35-90)81-52-22-41(7-6-40(52)5)60(92)79-49-25-45(65(71,72)73)27-51(29-49)88-20-18-86(19-21-88)39(3)4/h6-9,22-31,36-39,46-47,55,81H,10-21,32-35H2,1-5H3,(H,79,92)(H,80,93)(H,76,77,82)/t46-,47-,55?/m0/s1. The molecule has 6 aromatic rings. The highest BCUT2D eigenvalue weighted by Gasteiger charge is 2.37. The van der Waals surface area contributed by atoms with Crippen molar-refractivity contribution in [3.8, 4) is 0 Å². The summed E-state index contributed by atoms with van der Waals surface area (Å²) in [5.74, 6) is -0.0115. The SMILES string of the molecule is Cc1ccc(C(=O)Nc2cc(N3CCN(C(C)C)CC3)cc(C(F)(F)F)c2)cc1NC1=C2N=C(N3CC[C@H](F)C3)N=CC2N(Cc2ccc(C(=O)Nc3cc(N4CCN(CC(C)C)CC4)cc(C(F)(F)F)c3)cc2Nc2ncnc3cnc(N4CC[C@H](F)C4)nc23)C=N1. The summed E-state index contributed by atoms with van der Waals surface area (Å²) in [5.41, 5.74) is 1.91. The number of likely N-dealkylation sites (tertiary alicyclic amines) is 1. The van der Waals surface area contributed by atoms with E-state index in [0.29, 0.717) is 123 Å². The number of nitrogens with one attached hydrogen (secondary N) is 4. The average Bonchev–Trinajstić information content (AvgIpc) is 2.12. The van der Waals surface area contributed by atoms with Crippen LogP contribution in [0.1, 0.15) is 83.5 Å². The largest absolute Gasteiger partial charge is 0.416 e. The van der Waals surface area contributed by atoms with Crippen LogP contribution in [0.15, 0.2) is 112 Å². The number of guanidine groups is 1. The Morgan fingerprint density at radius 2 is 1.25 bits per heavy atom. The fourth-order valence-corrected chi connectivity index (χ4v) is 12.4. The molecular formula is C65H72F8N18O2. The number of benzene rings is 4. The monoisotopic (exact) mass is 1290 g/mol. The maximum Gasteiger partial charge on any atom is 0.416 e. The van der Waals surface area contributed by atoms with Gasteiger partial charge < -0.3 is 45.8 Å². The molecule has 0 saturated carbocycles. The highest BCUT2D eigenvalue weighted by molar-refractivity contribution is 6.06. The first kappa shape index (κ1) is 64.1. The predicted molar refractivity (Wildman–Crippen MR) is 344 cm³/mol. The van der Waals surface area contributed by atoms with Gasteiger partial charge in [-0.15, -0.1) is 0 Å². The second-order valence-electron chi connectivity index (χ2n) is 25.0. The summed E-state index contributed by atoms with van der Waals surface area (Å²) in [6, 6.07) is 16.2. The molecule has 0 aliphatic carbocycles. The number of aromatic nitrogens is 4. The van der Waals surface area contributed by atoms with Crippen molar-refractivity contribution in [2.75, 3.05) is 121 Å². The van der Waals surface area contributed by atoms with Gasteiger partial charge in [0.2, 0.25) is 11.9 Å². The summed E-state index contributed by atoms with van der Waals surface area (Å²) in [7, 11) is 0. The number of fused-ring (bicyclic) bond motifs is 2. The maximum absolute atomic E-state index is 14.8. The molecule has 1 unspecified atom stereocenters. The predicted octanol–water partition coefficient (Wildman–Crippen LogP) is 10.8. The molecule has 28 heteroatoms. The Balaban J connectivity index is 0.851. The highest BCUT2D eigenvalue weighted by Crippen LogP contribution is 2.39. The Labute approximate surface area is 532 Å². The van der Waals surface area contributed by atoms with Gasteiger partial charge in [-0.05, 0) is 111 Å². The van der Waals surface area contributed by atoms with E-state index in [1.165, 1.54) is 12.5 Å². The lowest BCUT2D eigenvalue weighted by Crippen LogP contribution is -2.49. The zero-order valence-corrected chi connectivity index (χ0v) is 52.0. The molecule has 3 atom stereocenters. The number of rotatable bonds is 16. The number of halogens is 8. The maximum atomic E-state index is 14.8. The molecule has 2 aromatic heterocycles. The van der Waals surface area contributed by atoms with E-state index in [-0.39, 0.29) is 83.7 Å². The van der Waals surface area contributed by atoms with E-state index >= 15 is 0 Å². The Morgan fingerprint density at radius 3 is 1.84 bits per heavy atom. The van der Waals surface area contributed by atoms with E-state index in [1.54, 1.807) is 77.8 Å². The Morgan fingerprint density at radius 1 is 0.645 bits per heavy atom. The molecule has 12 rings (SSSR count). The third-order valence-electron chi connectivity index (χ3n) is 17.5. The molecule has 6 aliphatic rings. The van der Waals surface area contributed by atoms with Crippen molar-refractivity contribution in [3.05, 3.63) is 130 Å². The number of anilines is 8. The van der Waals surface area contributed by atoms with Crippen LogP contribution in [0.5, 0.6) is 0 Å². The minimum atomic E-state index is -4.72. The number of piperazine rings is 2. The lowest BCUT2D eigenvalue weighted by Gasteiger charge is -2.38. The fraction of sp³-hybridized carbons (Fsp3) is 0.431. The highest BCUT2D eigenvalue weighted by atomic mass is 19.4. The van der Waals surface area contributed by atoms with Gasteiger partial charge in [0.05, 0.1) is 36.8 Å². The molecule has 4 saturated heterocycles. The summed E-state index contributed by atoms with van der Waals surface area (Å²) in [4.78, 5) is 74.9. The van der Waals surface area contributed by atoms with Crippen LogP contribution in [-0.2, 0) is 18.9 Å². The van der Waals surface area contributed by atoms with E-state index in [2.05, 4.69) is 73.7 Å². The number of carbonyl (C=O) groups excluding carboxylic acids is 2. The van der Waals surface area contributed by atoms with Crippen LogP contribution in [0.2, 0.25) is 0 Å². The third-order valence-corrected chi connectivity index (χ3v) is 17.5. The summed E-state index contributed by atoms with van der Waals surface area (Å²) < 4.78 is 116. The summed E-state index contributed by atoms with van der Waals surface area (Å²) >= 11 is 0. The number of hydrogen-bond acceptors (Lipinski definition) is 18. The molecular weight excluding hydrogens is 1220 g/mol. The topological polar surface area (TPSA) is 194 Å². The molecule has 2 amide bonds. The molecule has 490 valence electrons. The third kappa shape index (κ3) is 14.8. The number of nitrogens with zero attached hydrogens (tertiary/aromatic N) is 14. The summed E-state index contributed by atoms with van der Waals surface area (Å²) in [6.07, 6.45) is -4.99. The quantitative estimate of drug-likeness (QED) is 0.0668. The molecule has 4 N–H and O–H groups in total. The summed E-state index contributed by atoms with van der Waals surface area (Å²) in [5, 5.41) is 12.2. The van der Waals surface area contributed by atoms with Crippen LogP contribution < -0.4 is 36.0 Å². The van der Waals surface area contributed by atoms with Gasteiger partial charge in [0.1, 0.15) is 41.4 Å². The first-order chi connectivity index (χ1) is 44.4. The molecule has 4 fully saturated rings. The van der Waals surface area contributed by atoms with Crippen molar-refractivity contribution in [1.82, 2.24) is 39.5 Å². The molecule has 8 heterocycles. The molecule has 6 aliphatic heterocycles. The lowest BCUT2D eigenvalue weighted by molar-refractivity contribution is -0.138. The van der Waals surface area contributed by atoms with Crippen molar-refractivity contribution in [2.24, 2.45) is 20.9 Å². The van der Waals surface area contributed by atoms with Gasteiger partial charge in [0.25, 0.3) is 11.8 Å². The van der Waals surface area contributed by atoms with E-state index in [1.807, 2.05) is 14.7 Å². The molecule has 0 spiro atoms. The first-order valence-corrected chi connectivity index (χ1v) is 31.2. The Bertz CT molecular complexity index is 3920. The normalized spacial score (nSPS) is 19.9. The number of carbonyl (C=O) groups is 2. The van der Waals surface area contributed by atoms with Crippen LogP contribution in [0.25, 0.3) is 11.0 Å². The van der Waals surface area contributed by atoms with Crippen molar-refractivity contribution in [2.45, 2.75) is 90.8 Å². The Hall–Kier alpha value is -9.05. The second kappa shape index (κ2) is 26.5. The van der Waals surface area contributed by atoms with Crippen LogP contribution in [0.3, 0.4) is 0 Å². The number of amides is 2. The van der Waals surface area contributed by atoms with Gasteiger partial charge in [-0.2, -0.15) is 26.3 Å². The average molecular weight is 1290 g/mol. The number of alkyl halides is 8. The lowest BCUT2D eigenvalue weighted by atomic mass is 10.0.